The molecule has 1 rings (SSSR count). The summed E-state index contributed by atoms with van der Waals surface area (Å²) in [5.41, 5.74) is -0.709. The molecule has 1 aromatic carbocycles. The minimum absolute atomic E-state index is 0. The summed E-state index contributed by atoms with van der Waals surface area (Å²) in [5.74, 6) is 0. The Morgan fingerprint density at radius 3 is 1.73 bits per heavy atom. The van der Waals surface area contributed by atoms with Crippen LogP contribution >= 0.6 is 0 Å². The first-order valence-electron chi connectivity index (χ1n) is 4.09. The molecule has 78 valence electrons. The first-order chi connectivity index (χ1) is 6.21. The molecule has 0 heterocycles. The quantitative estimate of drug-likeness (QED) is 0.561. The SMILES string of the molecule is C[Si](C)([O-])c1ccc(C(F)(F)F)cc1.[K+]. The van der Waals surface area contributed by atoms with Gasteiger partial charge in [0.25, 0.3) is 0 Å². The summed E-state index contributed by atoms with van der Waals surface area (Å²) in [6, 6.07) is 4.48. The van der Waals surface area contributed by atoms with Gasteiger partial charge in [-0.1, -0.05) is 42.5 Å². The van der Waals surface area contributed by atoms with Crippen LogP contribution in [0.2, 0.25) is 13.1 Å². The molecule has 0 saturated heterocycles. The van der Waals surface area contributed by atoms with Gasteiger partial charge in [0.05, 0.1) is 5.56 Å². The van der Waals surface area contributed by atoms with E-state index in [1.165, 1.54) is 12.1 Å². The molecule has 15 heavy (non-hydrogen) atoms. The zero-order chi connectivity index (χ0) is 11.0. The third-order valence-electron chi connectivity index (χ3n) is 1.91. The van der Waals surface area contributed by atoms with E-state index in [-0.39, 0.29) is 51.4 Å². The Balaban J connectivity index is 0.00000196. The molecule has 0 saturated carbocycles. The van der Waals surface area contributed by atoms with Crippen LogP contribution in [0.25, 0.3) is 0 Å². The Hall–Kier alpha value is 0.823. The van der Waals surface area contributed by atoms with Crippen LogP contribution < -0.4 is 61.4 Å². The molecule has 0 aromatic heterocycles. The second kappa shape index (κ2) is 5.44. The number of rotatable bonds is 1. The maximum Gasteiger partial charge on any atom is 1.00 e. The van der Waals surface area contributed by atoms with Gasteiger partial charge < -0.3 is 4.80 Å². The van der Waals surface area contributed by atoms with Crippen LogP contribution in [0.1, 0.15) is 5.56 Å². The molecule has 0 N–H and O–H groups in total. The standard InChI is InChI=1S/C9H10F3OSi.K/c1-14(2,13)8-5-3-7(4-6-8)9(10,11)12;/h3-6H,1-2H3;/q-1;+1. The topological polar surface area (TPSA) is 23.1 Å². The predicted molar refractivity (Wildman–Crippen MR) is 48.6 cm³/mol. The van der Waals surface area contributed by atoms with E-state index in [0.29, 0.717) is 5.19 Å². The Morgan fingerprint density at radius 1 is 1.07 bits per heavy atom. The molecule has 0 atom stereocenters. The summed E-state index contributed by atoms with van der Waals surface area (Å²) in [5, 5.41) is 0.491. The Kier molecular flexibility index (Phi) is 5.74. The summed E-state index contributed by atoms with van der Waals surface area (Å²) < 4.78 is 36.4. The average molecular weight is 258 g/mol. The zero-order valence-corrected chi connectivity index (χ0v) is 13.0. The monoisotopic (exact) mass is 258 g/mol. The Bertz CT molecular complexity index is 283. The third-order valence-corrected chi connectivity index (χ3v) is 3.63. The molecule has 0 bridgehead atoms. The summed E-state index contributed by atoms with van der Waals surface area (Å²) in [4.78, 5) is 11.5. The van der Waals surface area contributed by atoms with Crippen LogP contribution in [-0.2, 0) is 6.18 Å². The van der Waals surface area contributed by atoms with Gasteiger partial charge in [-0.2, -0.15) is 13.2 Å². The summed E-state index contributed by atoms with van der Waals surface area (Å²) >= 11 is 0. The van der Waals surface area contributed by atoms with E-state index in [9.17, 15) is 18.0 Å². The number of hydrogen-bond acceptors (Lipinski definition) is 1. The van der Waals surface area contributed by atoms with E-state index in [2.05, 4.69) is 0 Å². The van der Waals surface area contributed by atoms with E-state index in [1.54, 1.807) is 13.1 Å². The molecule has 0 radical (unpaired) electrons. The van der Waals surface area contributed by atoms with Gasteiger partial charge in [-0.25, -0.2) is 0 Å². The van der Waals surface area contributed by atoms with E-state index in [0.717, 1.165) is 12.1 Å². The predicted octanol–water partition coefficient (Wildman–Crippen LogP) is -1.52. The first-order valence-corrected chi connectivity index (χ1v) is 7.00. The van der Waals surface area contributed by atoms with Crippen molar-refractivity contribution in [2.24, 2.45) is 0 Å². The van der Waals surface area contributed by atoms with E-state index in [1.807, 2.05) is 0 Å². The van der Waals surface area contributed by atoms with Gasteiger partial charge >= 0.3 is 57.6 Å². The van der Waals surface area contributed by atoms with Gasteiger partial charge in [0.1, 0.15) is 0 Å². The number of alkyl halides is 3. The molecule has 0 unspecified atom stereocenters. The minimum atomic E-state index is -4.33. The van der Waals surface area contributed by atoms with Crippen LogP contribution in [0, 0.1) is 0 Å². The summed E-state index contributed by atoms with van der Waals surface area (Å²) in [6.45, 7) is 3.10. The summed E-state index contributed by atoms with van der Waals surface area (Å²) in [6.07, 6.45) is -4.33. The second-order valence-electron chi connectivity index (χ2n) is 3.59. The minimum Gasteiger partial charge on any atom is -0.855 e. The molecule has 1 nitrogen and oxygen atoms in total. The fraction of sp³-hybridized carbons (Fsp3) is 0.333. The molecule has 6 heteroatoms. The molecule has 0 aliphatic heterocycles. The second-order valence-corrected chi connectivity index (χ2v) is 7.18. The molecule has 0 amide bonds. The normalized spacial score (nSPS) is 12.1. The fourth-order valence-corrected chi connectivity index (χ4v) is 2.03. The van der Waals surface area contributed by atoms with Gasteiger partial charge in [-0.05, 0) is 8.32 Å². The number of hydrogen-bond donors (Lipinski definition) is 0. The molecule has 0 aliphatic rings. The van der Waals surface area contributed by atoms with Crippen molar-refractivity contribution in [1.82, 2.24) is 0 Å². The molecule has 0 aliphatic carbocycles. The van der Waals surface area contributed by atoms with Crippen molar-refractivity contribution in [2.75, 3.05) is 0 Å². The van der Waals surface area contributed by atoms with Crippen molar-refractivity contribution in [3.8, 4) is 0 Å². The van der Waals surface area contributed by atoms with Crippen LogP contribution in [0.4, 0.5) is 13.2 Å². The van der Waals surface area contributed by atoms with Crippen molar-refractivity contribution in [3.05, 3.63) is 29.8 Å². The van der Waals surface area contributed by atoms with E-state index >= 15 is 0 Å². The molecule has 0 fully saturated rings. The maximum absolute atomic E-state index is 12.1. The van der Waals surface area contributed by atoms with Gasteiger partial charge in [0.15, 0.2) is 0 Å². The maximum atomic E-state index is 12.1. The zero-order valence-electron chi connectivity index (χ0n) is 8.85. The van der Waals surface area contributed by atoms with Crippen molar-refractivity contribution >= 4 is 13.5 Å². The molecular formula is C9H10F3KOSi. The smallest absolute Gasteiger partial charge is 0.855 e. The van der Waals surface area contributed by atoms with Crippen molar-refractivity contribution in [3.63, 3.8) is 0 Å². The van der Waals surface area contributed by atoms with Crippen LogP contribution in [0.15, 0.2) is 24.3 Å². The molecular weight excluding hydrogens is 248 g/mol. The summed E-state index contributed by atoms with van der Waals surface area (Å²) in [7, 11) is -2.73. The van der Waals surface area contributed by atoms with Gasteiger partial charge in [-0.15, -0.1) is 0 Å². The average Bonchev–Trinajstić information content (AvgIpc) is 2.01. The fourth-order valence-electron chi connectivity index (χ4n) is 1.06. The van der Waals surface area contributed by atoms with Crippen LogP contribution in [0.3, 0.4) is 0 Å². The van der Waals surface area contributed by atoms with Crippen LogP contribution in [-0.4, -0.2) is 8.32 Å². The Labute approximate surface area is 130 Å². The van der Waals surface area contributed by atoms with Gasteiger partial charge in [-0.3, -0.25) is 0 Å². The Morgan fingerprint density at radius 2 is 1.47 bits per heavy atom. The molecule has 1 aromatic rings. The van der Waals surface area contributed by atoms with Crippen molar-refractivity contribution < 1.29 is 69.4 Å². The van der Waals surface area contributed by atoms with Crippen molar-refractivity contribution in [2.45, 2.75) is 19.3 Å². The van der Waals surface area contributed by atoms with Gasteiger partial charge in [0.2, 0.25) is 0 Å². The largest absolute Gasteiger partial charge is 1.00 e. The number of benzene rings is 1. The molecule has 0 spiro atoms. The van der Waals surface area contributed by atoms with Crippen molar-refractivity contribution in [1.29, 1.82) is 0 Å². The van der Waals surface area contributed by atoms with E-state index < -0.39 is 20.1 Å². The third kappa shape index (κ3) is 4.68. The number of halogens is 3. The van der Waals surface area contributed by atoms with Gasteiger partial charge in [0, 0.05) is 0 Å². The van der Waals surface area contributed by atoms with Crippen LogP contribution in [0.5, 0.6) is 0 Å². The van der Waals surface area contributed by atoms with E-state index in [4.69, 9.17) is 0 Å². The first kappa shape index (κ1) is 15.8.